The van der Waals surface area contributed by atoms with E-state index in [1.54, 1.807) is 4.68 Å². The lowest BCUT2D eigenvalue weighted by Crippen LogP contribution is -2.47. The molecule has 2 heterocycles. The SMILES string of the molecule is Cc1cc(C)n(C(C)C(=O)N2c3ccccc3OCC2C)n1. The summed E-state index contributed by atoms with van der Waals surface area (Å²) in [6.07, 6.45) is 0. The van der Waals surface area contributed by atoms with E-state index in [4.69, 9.17) is 4.74 Å². The van der Waals surface area contributed by atoms with Crippen molar-refractivity contribution < 1.29 is 9.53 Å². The second kappa shape index (κ2) is 5.48. The first-order valence-corrected chi connectivity index (χ1v) is 7.56. The predicted molar refractivity (Wildman–Crippen MR) is 85.3 cm³/mol. The van der Waals surface area contributed by atoms with Gasteiger partial charge in [-0.2, -0.15) is 5.10 Å². The third-order valence-corrected chi connectivity index (χ3v) is 4.05. The molecule has 3 rings (SSSR count). The number of hydrogen-bond donors (Lipinski definition) is 0. The van der Waals surface area contributed by atoms with Gasteiger partial charge in [0.05, 0.1) is 17.4 Å². The highest BCUT2D eigenvalue weighted by atomic mass is 16.5. The standard InChI is InChI=1S/C17H21N3O2/c1-11-9-12(2)20(18-11)14(4)17(21)19-13(3)10-22-16-8-6-5-7-15(16)19/h5-9,13-14H,10H2,1-4H3. The third-order valence-electron chi connectivity index (χ3n) is 4.05. The van der Waals surface area contributed by atoms with Gasteiger partial charge in [0.25, 0.3) is 5.91 Å². The van der Waals surface area contributed by atoms with Crippen LogP contribution in [0, 0.1) is 13.8 Å². The monoisotopic (exact) mass is 299 g/mol. The van der Waals surface area contributed by atoms with Gasteiger partial charge in [-0.1, -0.05) is 12.1 Å². The summed E-state index contributed by atoms with van der Waals surface area (Å²) in [4.78, 5) is 14.9. The molecule has 1 aromatic carbocycles. The van der Waals surface area contributed by atoms with Crippen LogP contribution in [0.3, 0.4) is 0 Å². The Bertz CT molecular complexity index is 708. The van der Waals surface area contributed by atoms with Crippen LogP contribution in [-0.4, -0.2) is 28.3 Å². The van der Waals surface area contributed by atoms with Crippen LogP contribution in [0.2, 0.25) is 0 Å². The van der Waals surface area contributed by atoms with Crippen molar-refractivity contribution >= 4 is 11.6 Å². The van der Waals surface area contributed by atoms with Crippen LogP contribution >= 0.6 is 0 Å². The highest BCUT2D eigenvalue weighted by Crippen LogP contribution is 2.35. The van der Waals surface area contributed by atoms with E-state index in [2.05, 4.69) is 5.10 Å². The molecule has 5 nitrogen and oxygen atoms in total. The number of amides is 1. The van der Waals surface area contributed by atoms with Gasteiger partial charge in [0.15, 0.2) is 0 Å². The Morgan fingerprint density at radius 2 is 2.09 bits per heavy atom. The number of benzene rings is 1. The van der Waals surface area contributed by atoms with E-state index in [1.165, 1.54) is 0 Å². The molecule has 2 unspecified atom stereocenters. The Morgan fingerprint density at radius 3 is 2.77 bits per heavy atom. The molecule has 5 heteroatoms. The van der Waals surface area contributed by atoms with Gasteiger partial charge in [0, 0.05) is 5.69 Å². The van der Waals surface area contributed by atoms with Crippen molar-refractivity contribution in [1.82, 2.24) is 9.78 Å². The average Bonchev–Trinajstić information content (AvgIpc) is 2.84. The fraction of sp³-hybridized carbons (Fsp3) is 0.412. The molecule has 2 aromatic rings. The minimum absolute atomic E-state index is 0.00168. The lowest BCUT2D eigenvalue weighted by molar-refractivity contribution is -0.122. The van der Waals surface area contributed by atoms with Gasteiger partial charge in [-0.05, 0) is 45.9 Å². The molecule has 1 aromatic heterocycles. The Kier molecular flexibility index (Phi) is 3.64. The van der Waals surface area contributed by atoms with Crippen molar-refractivity contribution in [3.63, 3.8) is 0 Å². The minimum Gasteiger partial charge on any atom is -0.489 e. The Balaban J connectivity index is 1.96. The number of hydrogen-bond acceptors (Lipinski definition) is 3. The summed E-state index contributed by atoms with van der Waals surface area (Å²) >= 11 is 0. The van der Waals surface area contributed by atoms with Gasteiger partial charge in [-0.15, -0.1) is 0 Å². The number of fused-ring (bicyclic) bond motifs is 1. The van der Waals surface area contributed by atoms with Crippen molar-refractivity contribution in [3.8, 4) is 5.75 Å². The van der Waals surface area contributed by atoms with E-state index in [-0.39, 0.29) is 18.0 Å². The maximum atomic E-state index is 13.0. The van der Waals surface area contributed by atoms with Crippen LogP contribution in [-0.2, 0) is 4.79 Å². The van der Waals surface area contributed by atoms with Gasteiger partial charge < -0.3 is 9.64 Å². The van der Waals surface area contributed by atoms with Gasteiger partial charge in [0.1, 0.15) is 18.4 Å². The van der Waals surface area contributed by atoms with E-state index in [0.717, 1.165) is 22.8 Å². The number of ether oxygens (including phenoxy) is 1. The topological polar surface area (TPSA) is 47.4 Å². The summed E-state index contributed by atoms with van der Waals surface area (Å²) < 4.78 is 7.51. The predicted octanol–water partition coefficient (Wildman–Crippen LogP) is 2.88. The van der Waals surface area contributed by atoms with E-state index in [9.17, 15) is 4.79 Å². The first kappa shape index (κ1) is 14.6. The van der Waals surface area contributed by atoms with E-state index >= 15 is 0 Å². The number of aromatic nitrogens is 2. The van der Waals surface area contributed by atoms with Crippen LogP contribution in [0.4, 0.5) is 5.69 Å². The molecule has 1 amide bonds. The molecule has 0 bridgehead atoms. The third kappa shape index (κ3) is 2.36. The highest BCUT2D eigenvalue weighted by molar-refractivity contribution is 5.98. The molecular weight excluding hydrogens is 278 g/mol. The van der Waals surface area contributed by atoms with Crippen molar-refractivity contribution in [1.29, 1.82) is 0 Å². The van der Waals surface area contributed by atoms with Gasteiger partial charge >= 0.3 is 0 Å². The van der Waals surface area contributed by atoms with Crippen LogP contribution < -0.4 is 9.64 Å². The molecule has 22 heavy (non-hydrogen) atoms. The number of aryl methyl sites for hydroxylation is 2. The number of nitrogens with zero attached hydrogens (tertiary/aromatic N) is 3. The summed E-state index contributed by atoms with van der Waals surface area (Å²) in [5.74, 6) is 0.795. The smallest absolute Gasteiger partial charge is 0.252 e. The van der Waals surface area contributed by atoms with Crippen LogP contribution in [0.15, 0.2) is 30.3 Å². The zero-order valence-corrected chi connectivity index (χ0v) is 13.4. The van der Waals surface area contributed by atoms with Crippen molar-refractivity contribution in [3.05, 3.63) is 41.7 Å². The average molecular weight is 299 g/mol. The van der Waals surface area contributed by atoms with Crippen LogP contribution in [0.1, 0.15) is 31.3 Å². The molecule has 0 spiro atoms. The van der Waals surface area contributed by atoms with Crippen molar-refractivity contribution in [2.24, 2.45) is 0 Å². The molecule has 0 N–H and O–H groups in total. The molecule has 116 valence electrons. The van der Waals surface area contributed by atoms with Gasteiger partial charge in [-0.25, -0.2) is 0 Å². The highest BCUT2D eigenvalue weighted by Gasteiger charge is 2.33. The van der Waals surface area contributed by atoms with E-state index in [1.807, 2.05) is 62.9 Å². The molecular formula is C17H21N3O2. The lowest BCUT2D eigenvalue weighted by atomic mass is 10.1. The molecule has 0 saturated heterocycles. The molecule has 2 atom stereocenters. The number of para-hydroxylation sites is 2. The number of anilines is 1. The van der Waals surface area contributed by atoms with Crippen LogP contribution in [0.25, 0.3) is 0 Å². The second-order valence-electron chi connectivity index (χ2n) is 5.88. The summed E-state index contributed by atoms with van der Waals surface area (Å²) in [7, 11) is 0. The fourth-order valence-electron chi connectivity index (χ4n) is 2.98. The largest absolute Gasteiger partial charge is 0.489 e. The molecule has 0 radical (unpaired) electrons. The van der Waals surface area contributed by atoms with E-state index in [0.29, 0.717) is 6.61 Å². The first-order chi connectivity index (χ1) is 10.5. The molecule has 1 aliphatic heterocycles. The molecule has 0 fully saturated rings. The second-order valence-corrected chi connectivity index (χ2v) is 5.88. The minimum atomic E-state index is -0.345. The quantitative estimate of drug-likeness (QED) is 0.856. The summed E-state index contributed by atoms with van der Waals surface area (Å²) in [5.41, 5.74) is 2.75. The number of rotatable bonds is 2. The zero-order valence-electron chi connectivity index (χ0n) is 13.4. The fourth-order valence-corrected chi connectivity index (χ4v) is 2.98. The number of carbonyl (C=O) groups is 1. The molecule has 1 aliphatic rings. The van der Waals surface area contributed by atoms with Gasteiger partial charge in [0.2, 0.25) is 0 Å². The summed E-state index contributed by atoms with van der Waals surface area (Å²) in [6, 6.07) is 9.31. The Hall–Kier alpha value is -2.30. The Morgan fingerprint density at radius 1 is 1.36 bits per heavy atom. The normalized spacial score (nSPS) is 18.5. The summed E-state index contributed by atoms with van der Waals surface area (Å²) in [6.45, 7) is 8.31. The van der Waals surface area contributed by atoms with Crippen molar-refractivity contribution in [2.75, 3.05) is 11.5 Å². The van der Waals surface area contributed by atoms with E-state index < -0.39 is 0 Å². The van der Waals surface area contributed by atoms with Crippen molar-refractivity contribution in [2.45, 2.75) is 39.8 Å². The maximum absolute atomic E-state index is 13.0. The lowest BCUT2D eigenvalue weighted by Gasteiger charge is -2.36. The van der Waals surface area contributed by atoms with Crippen LogP contribution in [0.5, 0.6) is 5.75 Å². The van der Waals surface area contributed by atoms with Gasteiger partial charge in [-0.3, -0.25) is 9.48 Å². The number of carbonyl (C=O) groups excluding carboxylic acids is 1. The Labute approximate surface area is 130 Å². The maximum Gasteiger partial charge on any atom is 0.252 e. The molecule has 0 saturated carbocycles. The zero-order chi connectivity index (χ0) is 15.9. The first-order valence-electron chi connectivity index (χ1n) is 7.56. The molecule has 0 aliphatic carbocycles. The summed E-state index contributed by atoms with van der Waals surface area (Å²) in [5, 5.41) is 4.44.